The molecule has 1 amide bonds. The van der Waals surface area contributed by atoms with Gasteiger partial charge >= 0.3 is 0 Å². The summed E-state index contributed by atoms with van der Waals surface area (Å²) >= 11 is 0. The lowest BCUT2D eigenvalue weighted by Gasteiger charge is -2.06. The fraction of sp³-hybridized carbons (Fsp3) is 0.250. The van der Waals surface area contributed by atoms with E-state index in [0.717, 1.165) is 11.4 Å². The fourth-order valence-electron chi connectivity index (χ4n) is 1.42. The van der Waals surface area contributed by atoms with E-state index in [1.54, 1.807) is 24.5 Å². The molecule has 1 aromatic heterocycles. The number of aromatic nitrogens is 3. The predicted molar refractivity (Wildman–Crippen MR) is 66.5 cm³/mol. The van der Waals surface area contributed by atoms with Crippen LogP contribution in [0.5, 0.6) is 0 Å². The minimum absolute atomic E-state index is 0.0684. The van der Waals surface area contributed by atoms with E-state index >= 15 is 0 Å². The van der Waals surface area contributed by atoms with Gasteiger partial charge in [0.2, 0.25) is 5.91 Å². The molecule has 0 saturated carbocycles. The van der Waals surface area contributed by atoms with Gasteiger partial charge in [-0.1, -0.05) is 0 Å². The molecule has 18 heavy (non-hydrogen) atoms. The van der Waals surface area contributed by atoms with Crippen LogP contribution in [0.1, 0.15) is 6.92 Å². The van der Waals surface area contributed by atoms with E-state index in [0.29, 0.717) is 6.61 Å². The summed E-state index contributed by atoms with van der Waals surface area (Å²) in [5, 5.41) is 10.8. The third-order valence-electron chi connectivity index (χ3n) is 2.24. The first-order chi connectivity index (χ1) is 8.79. The second-order valence-electron chi connectivity index (χ2n) is 3.55. The number of ether oxygens (including phenoxy) is 1. The third kappa shape index (κ3) is 3.14. The Labute approximate surface area is 105 Å². The average molecular weight is 246 g/mol. The fourth-order valence-corrected chi connectivity index (χ4v) is 1.42. The lowest BCUT2D eigenvalue weighted by Crippen LogP contribution is -2.18. The molecule has 1 N–H and O–H groups in total. The van der Waals surface area contributed by atoms with Crippen LogP contribution in [0, 0.1) is 0 Å². The predicted octanol–water partition coefficient (Wildman–Crippen LogP) is 1.24. The minimum atomic E-state index is -0.165. The SMILES string of the molecule is CCOCC(=O)Nc1ccc(-n2nccn2)cc1. The zero-order chi connectivity index (χ0) is 12.8. The first-order valence-corrected chi connectivity index (χ1v) is 5.64. The van der Waals surface area contributed by atoms with Gasteiger partial charge in [-0.2, -0.15) is 15.0 Å². The normalized spacial score (nSPS) is 10.3. The number of benzene rings is 1. The molecule has 6 heteroatoms. The zero-order valence-electron chi connectivity index (χ0n) is 10.0. The Morgan fingerprint density at radius 3 is 2.56 bits per heavy atom. The highest BCUT2D eigenvalue weighted by Gasteiger charge is 2.02. The smallest absolute Gasteiger partial charge is 0.250 e. The third-order valence-corrected chi connectivity index (χ3v) is 2.24. The first kappa shape index (κ1) is 12.3. The molecule has 0 bridgehead atoms. The number of amides is 1. The quantitative estimate of drug-likeness (QED) is 0.861. The monoisotopic (exact) mass is 246 g/mol. The van der Waals surface area contributed by atoms with Gasteiger partial charge < -0.3 is 10.1 Å². The Kier molecular flexibility index (Phi) is 4.03. The number of nitrogens with one attached hydrogen (secondary N) is 1. The lowest BCUT2D eigenvalue weighted by molar-refractivity contribution is -0.120. The lowest BCUT2D eigenvalue weighted by atomic mass is 10.3. The van der Waals surface area contributed by atoms with Gasteiger partial charge in [-0.25, -0.2) is 0 Å². The van der Waals surface area contributed by atoms with Gasteiger partial charge in [0.25, 0.3) is 0 Å². The van der Waals surface area contributed by atoms with Crippen LogP contribution >= 0.6 is 0 Å². The van der Waals surface area contributed by atoms with Gasteiger partial charge in [-0.05, 0) is 31.2 Å². The highest BCUT2D eigenvalue weighted by Crippen LogP contribution is 2.11. The van der Waals surface area contributed by atoms with Crippen LogP contribution in [-0.4, -0.2) is 34.1 Å². The summed E-state index contributed by atoms with van der Waals surface area (Å²) in [6.45, 7) is 2.44. The Balaban J connectivity index is 1.98. The number of carbonyl (C=O) groups excluding carboxylic acids is 1. The van der Waals surface area contributed by atoms with E-state index in [1.165, 1.54) is 4.80 Å². The van der Waals surface area contributed by atoms with Crippen LogP contribution in [0.4, 0.5) is 5.69 Å². The molecule has 94 valence electrons. The van der Waals surface area contributed by atoms with Crippen LogP contribution < -0.4 is 5.32 Å². The van der Waals surface area contributed by atoms with Crippen molar-refractivity contribution in [1.29, 1.82) is 0 Å². The van der Waals surface area contributed by atoms with Gasteiger partial charge in [-0.15, -0.1) is 0 Å². The molecule has 0 aliphatic carbocycles. The molecule has 2 aromatic rings. The summed E-state index contributed by atoms with van der Waals surface area (Å²) in [7, 11) is 0. The van der Waals surface area contributed by atoms with Gasteiger partial charge in [0.05, 0.1) is 18.1 Å². The molecule has 0 radical (unpaired) electrons. The molecule has 0 atom stereocenters. The molecule has 6 nitrogen and oxygen atoms in total. The van der Waals surface area contributed by atoms with Crippen molar-refractivity contribution in [3.05, 3.63) is 36.7 Å². The van der Waals surface area contributed by atoms with Crippen LogP contribution in [-0.2, 0) is 9.53 Å². The molecule has 0 saturated heterocycles. The second-order valence-corrected chi connectivity index (χ2v) is 3.55. The molecule has 0 aliphatic rings. The number of hydrogen-bond acceptors (Lipinski definition) is 4. The molecule has 0 aliphatic heterocycles. The summed E-state index contributed by atoms with van der Waals surface area (Å²) in [6, 6.07) is 7.25. The summed E-state index contributed by atoms with van der Waals surface area (Å²) in [5.74, 6) is -0.165. The number of nitrogens with zero attached hydrogens (tertiary/aromatic N) is 3. The zero-order valence-corrected chi connectivity index (χ0v) is 10.0. The molecule has 1 aromatic carbocycles. The topological polar surface area (TPSA) is 69.0 Å². The van der Waals surface area contributed by atoms with Crippen molar-refractivity contribution in [3.63, 3.8) is 0 Å². The summed E-state index contributed by atoms with van der Waals surface area (Å²) in [4.78, 5) is 12.9. The van der Waals surface area contributed by atoms with Crippen molar-refractivity contribution in [2.75, 3.05) is 18.5 Å². The molecule has 1 heterocycles. The number of carbonyl (C=O) groups is 1. The molecular formula is C12H14N4O2. The summed E-state index contributed by atoms with van der Waals surface area (Å²) < 4.78 is 5.01. The number of hydrogen-bond donors (Lipinski definition) is 1. The van der Waals surface area contributed by atoms with Gasteiger partial charge in [0, 0.05) is 12.3 Å². The second kappa shape index (κ2) is 5.92. The maximum Gasteiger partial charge on any atom is 0.250 e. The summed E-state index contributed by atoms with van der Waals surface area (Å²) in [6.07, 6.45) is 3.22. The van der Waals surface area contributed by atoms with Crippen LogP contribution in [0.15, 0.2) is 36.7 Å². The average Bonchev–Trinajstić information content (AvgIpc) is 2.91. The van der Waals surface area contributed by atoms with Crippen molar-refractivity contribution in [2.45, 2.75) is 6.92 Å². The van der Waals surface area contributed by atoms with E-state index in [4.69, 9.17) is 4.74 Å². The molecule has 2 rings (SSSR count). The number of rotatable bonds is 5. The van der Waals surface area contributed by atoms with Gasteiger partial charge in [0.1, 0.15) is 6.61 Å². The van der Waals surface area contributed by atoms with E-state index in [-0.39, 0.29) is 12.5 Å². The Morgan fingerprint density at radius 1 is 1.28 bits per heavy atom. The summed E-state index contributed by atoms with van der Waals surface area (Å²) in [5.41, 5.74) is 1.55. The largest absolute Gasteiger partial charge is 0.372 e. The number of anilines is 1. The Bertz CT molecular complexity index is 493. The van der Waals surface area contributed by atoms with Crippen molar-refractivity contribution < 1.29 is 9.53 Å². The highest BCUT2D eigenvalue weighted by molar-refractivity contribution is 5.91. The van der Waals surface area contributed by atoms with E-state index in [1.807, 2.05) is 19.1 Å². The molecule has 0 unspecified atom stereocenters. The van der Waals surface area contributed by atoms with E-state index in [2.05, 4.69) is 15.5 Å². The van der Waals surface area contributed by atoms with Crippen molar-refractivity contribution in [1.82, 2.24) is 15.0 Å². The Hall–Kier alpha value is -2.21. The molecule has 0 fully saturated rings. The van der Waals surface area contributed by atoms with Crippen LogP contribution in [0.3, 0.4) is 0 Å². The first-order valence-electron chi connectivity index (χ1n) is 5.64. The van der Waals surface area contributed by atoms with Gasteiger partial charge in [-0.3, -0.25) is 4.79 Å². The maximum atomic E-state index is 11.4. The van der Waals surface area contributed by atoms with E-state index < -0.39 is 0 Å². The van der Waals surface area contributed by atoms with Crippen molar-refractivity contribution in [2.24, 2.45) is 0 Å². The van der Waals surface area contributed by atoms with Crippen LogP contribution in [0.2, 0.25) is 0 Å². The highest BCUT2D eigenvalue weighted by atomic mass is 16.5. The van der Waals surface area contributed by atoms with Crippen molar-refractivity contribution >= 4 is 11.6 Å². The molecular weight excluding hydrogens is 232 g/mol. The van der Waals surface area contributed by atoms with Crippen LogP contribution in [0.25, 0.3) is 5.69 Å². The molecule has 0 spiro atoms. The van der Waals surface area contributed by atoms with Crippen molar-refractivity contribution in [3.8, 4) is 5.69 Å². The maximum absolute atomic E-state index is 11.4. The van der Waals surface area contributed by atoms with Gasteiger partial charge in [0.15, 0.2) is 0 Å². The standard InChI is InChI=1S/C12H14N4O2/c1-2-18-9-12(17)15-10-3-5-11(6-4-10)16-13-7-8-14-16/h3-8H,2,9H2,1H3,(H,15,17). The minimum Gasteiger partial charge on any atom is -0.372 e. The Morgan fingerprint density at radius 2 is 1.94 bits per heavy atom. The van der Waals surface area contributed by atoms with E-state index in [9.17, 15) is 4.79 Å².